The minimum atomic E-state index is -4.71. The molecule has 0 fully saturated rings. The number of alkyl halides is 6. The van der Waals surface area contributed by atoms with Crippen LogP contribution in [0.5, 0.6) is 0 Å². The normalized spacial score (nSPS) is 17.6. The number of rotatable bonds is 2. The van der Waals surface area contributed by atoms with Crippen molar-refractivity contribution < 1.29 is 35.9 Å². The van der Waals surface area contributed by atoms with Gasteiger partial charge in [-0.15, -0.1) is 22.7 Å². The highest BCUT2D eigenvalue weighted by Gasteiger charge is 2.46. The van der Waals surface area contributed by atoms with E-state index in [0.29, 0.717) is 22.7 Å². The van der Waals surface area contributed by atoms with E-state index in [0.717, 1.165) is 15.7 Å². The molecule has 0 aromatic carbocycles. The highest BCUT2D eigenvalue weighted by Crippen LogP contribution is 2.44. The number of aromatic nitrogens is 2. The molecule has 0 radical (unpaired) electrons. The average Bonchev–Trinajstić information content (AvgIpc) is 3.34. The van der Waals surface area contributed by atoms with Crippen LogP contribution in [0.25, 0.3) is 11.4 Å². The second-order valence-electron chi connectivity index (χ2n) is 5.86. The Morgan fingerprint density at radius 3 is 1.93 bits per heavy atom. The zero-order chi connectivity index (χ0) is 21.3. The maximum atomic E-state index is 12.8. The van der Waals surface area contributed by atoms with Crippen molar-refractivity contribution in [3.05, 3.63) is 43.3 Å². The molecule has 2 aromatic heterocycles. The van der Waals surface area contributed by atoms with Gasteiger partial charge in [0.2, 0.25) is 0 Å². The first-order valence-electron chi connectivity index (χ1n) is 7.54. The summed E-state index contributed by atoms with van der Waals surface area (Å²) < 4.78 is 77.0. The minimum absolute atomic E-state index is 0.148. The number of carbonyl (C=O) groups is 2. The maximum Gasteiger partial charge on any atom is 0.434 e. The Bertz CT molecular complexity index is 1120. The molecule has 6 nitrogen and oxygen atoms in total. The van der Waals surface area contributed by atoms with E-state index in [2.05, 4.69) is 15.3 Å². The molecule has 2 aliphatic rings. The molecule has 1 N–H and O–H groups in total. The highest BCUT2D eigenvalue weighted by atomic mass is 32.1. The molecule has 2 aliphatic heterocycles. The Morgan fingerprint density at radius 2 is 1.41 bits per heavy atom. The number of carbonyl (C=O) groups excluding carboxylic acids is 2. The van der Waals surface area contributed by atoms with Crippen molar-refractivity contribution in [1.82, 2.24) is 20.2 Å². The summed E-state index contributed by atoms with van der Waals surface area (Å²) in [6.45, 7) is 0. The van der Waals surface area contributed by atoms with Gasteiger partial charge in [0.1, 0.15) is 10.0 Å². The summed E-state index contributed by atoms with van der Waals surface area (Å²) in [7, 11) is 1.23. The summed E-state index contributed by atoms with van der Waals surface area (Å²) >= 11 is 1.16. The first kappa shape index (κ1) is 19.6. The van der Waals surface area contributed by atoms with Gasteiger partial charge in [-0.05, 0) is 0 Å². The summed E-state index contributed by atoms with van der Waals surface area (Å²) in [5.41, 5.74) is -3.24. The first-order chi connectivity index (χ1) is 13.4. The topological polar surface area (TPSA) is 75.2 Å². The van der Waals surface area contributed by atoms with Crippen molar-refractivity contribution in [2.24, 2.45) is 0 Å². The van der Waals surface area contributed by atoms with E-state index in [1.165, 1.54) is 7.05 Å². The predicted molar refractivity (Wildman–Crippen MR) is 89.0 cm³/mol. The van der Waals surface area contributed by atoms with Crippen LogP contribution in [-0.2, 0) is 21.9 Å². The lowest BCUT2D eigenvalue weighted by Crippen LogP contribution is -2.23. The van der Waals surface area contributed by atoms with Crippen molar-refractivity contribution in [3.8, 4) is 0 Å². The number of likely N-dealkylation sites (N-methyl/N-ethyl adjacent to an activating group) is 1. The standard InChI is InChI=1S/C15H6F6N4O2S2/c1-25-9(12-23-5(3-29-12)15(19,20)21)7-6(13(25)27)8(24-10(7)26)11-22-4(2-28-11)14(16,17)18/h2-3H,1H3,(H,24,26). The van der Waals surface area contributed by atoms with Gasteiger partial charge in [-0.1, -0.05) is 0 Å². The SMILES string of the molecule is CN1C(=O)C2=C(c3nc(C(F)(F)F)cs3)NC(=O)C2=C1c1nc(C(F)(F)F)cs1. The Morgan fingerprint density at radius 1 is 0.897 bits per heavy atom. The van der Waals surface area contributed by atoms with E-state index in [4.69, 9.17) is 0 Å². The van der Waals surface area contributed by atoms with Crippen LogP contribution >= 0.6 is 22.7 Å². The third-order valence-electron chi connectivity index (χ3n) is 4.06. The van der Waals surface area contributed by atoms with Gasteiger partial charge in [0, 0.05) is 17.8 Å². The molecule has 0 spiro atoms. The third kappa shape index (κ3) is 3.02. The van der Waals surface area contributed by atoms with Crippen LogP contribution in [0.2, 0.25) is 0 Å². The number of halogens is 6. The van der Waals surface area contributed by atoms with E-state index in [1.807, 2.05) is 0 Å². The monoisotopic (exact) mass is 452 g/mol. The Labute approximate surface area is 165 Å². The van der Waals surface area contributed by atoms with Gasteiger partial charge in [0.05, 0.1) is 22.5 Å². The molecule has 4 rings (SSSR count). The summed E-state index contributed by atoms with van der Waals surface area (Å²) in [5.74, 6) is -1.61. The van der Waals surface area contributed by atoms with Crippen LogP contribution < -0.4 is 5.32 Å². The number of nitrogens with zero attached hydrogens (tertiary/aromatic N) is 3. The largest absolute Gasteiger partial charge is 0.434 e. The average molecular weight is 452 g/mol. The van der Waals surface area contributed by atoms with E-state index in [-0.39, 0.29) is 32.6 Å². The molecule has 0 atom stereocenters. The smallest absolute Gasteiger partial charge is 0.319 e. The van der Waals surface area contributed by atoms with Crippen molar-refractivity contribution in [1.29, 1.82) is 0 Å². The lowest BCUT2D eigenvalue weighted by atomic mass is 10.1. The van der Waals surface area contributed by atoms with Crippen molar-refractivity contribution in [3.63, 3.8) is 0 Å². The maximum absolute atomic E-state index is 12.8. The van der Waals surface area contributed by atoms with Gasteiger partial charge < -0.3 is 10.2 Å². The van der Waals surface area contributed by atoms with E-state index < -0.39 is 35.6 Å². The van der Waals surface area contributed by atoms with E-state index in [1.54, 1.807) is 0 Å². The Hall–Kier alpha value is -2.74. The van der Waals surface area contributed by atoms with Crippen LogP contribution in [0.1, 0.15) is 21.4 Å². The number of hydrogen-bond donors (Lipinski definition) is 1. The van der Waals surface area contributed by atoms with Crippen LogP contribution in [0.4, 0.5) is 26.3 Å². The predicted octanol–water partition coefficient (Wildman–Crippen LogP) is 3.36. The van der Waals surface area contributed by atoms with E-state index in [9.17, 15) is 35.9 Å². The quantitative estimate of drug-likeness (QED) is 0.710. The lowest BCUT2D eigenvalue weighted by Gasteiger charge is -2.13. The van der Waals surface area contributed by atoms with Crippen LogP contribution in [0.3, 0.4) is 0 Å². The molecule has 0 aliphatic carbocycles. The summed E-state index contributed by atoms with van der Waals surface area (Å²) in [5, 5.41) is 3.31. The highest BCUT2D eigenvalue weighted by molar-refractivity contribution is 7.11. The molecule has 152 valence electrons. The molecule has 0 saturated heterocycles. The second kappa shape index (κ2) is 6.13. The van der Waals surface area contributed by atoms with Gasteiger partial charge in [-0.3, -0.25) is 9.59 Å². The van der Waals surface area contributed by atoms with E-state index >= 15 is 0 Å². The van der Waals surface area contributed by atoms with Crippen LogP contribution in [-0.4, -0.2) is 33.7 Å². The molecule has 14 heteroatoms. The Balaban J connectivity index is 1.86. The zero-order valence-corrected chi connectivity index (χ0v) is 15.5. The fraction of sp³-hybridized carbons (Fsp3) is 0.200. The summed E-state index contributed by atoms with van der Waals surface area (Å²) in [6.07, 6.45) is -9.42. The van der Waals surface area contributed by atoms with Gasteiger partial charge in [-0.25, -0.2) is 9.97 Å². The second-order valence-corrected chi connectivity index (χ2v) is 7.58. The molecular formula is C15H6F6N4O2S2. The van der Waals surface area contributed by atoms with Crippen LogP contribution in [0, 0.1) is 0 Å². The van der Waals surface area contributed by atoms with Crippen LogP contribution in [0.15, 0.2) is 21.9 Å². The van der Waals surface area contributed by atoms with Crippen molar-refractivity contribution >= 4 is 45.9 Å². The zero-order valence-electron chi connectivity index (χ0n) is 13.9. The molecule has 0 saturated carbocycles. The van der Waals surface area contributed by atoms with Gasteiger partial charge in [0.15, 0.2) is 11.4 Å². The molecule has 2 amide bonds. The molecular weight excluding hydrogens is 446 g/mol. The number of hydrogen-bond acceptors (Lipinski definition) is 6. The summed E-state index contributed by atoms with van der Waals surface area (Å²) in [4.78, 5) is 32.9. The van der Waals surface area contributed by atoms with Gasteiger partial charge in [-0.2, -0.15) is 26.3 Å². The Kier molecular flexibility index (Phi) is 4.13. The minimum Gasteiger partial charge on any atom is -0.319 e. The number of nitrogens with one attached hydrogen (secondary N) is 1. The van der Waals surface area contributed by atoms with Gasteiger partial charge >= 0.3 is 12.4 Å². The van der Waals surface area contributed by atoms with Gasteiger partial charge in [0.25, 0.3) is 11.8 Å². The fourth-order valence-electron chi connectivity index (χ4n) is 2.80. The molecule has 0 bridgehead atoms. The molecule has 2 aromatic rings. The molecule has 29 heavy (non-hydrogen) atoms. The van der Waals surface area contributed by atoms with Crippen molar-refractivity contribution in [2.75, 3.05) is 7.05 Å². The lowest BCUT2D eigenvalue weighted by molar-refractivity contribution is -0.141. The fourth-order valence-corrected chi connectivity index (χ4v) is 4.54. The molecule has 4 heterocycles. The van der Waals surface area contributed by atoms with Crippen molar-refractivity contribution in [2.45, 2.75) is 12.4 Å². The number of fused-ring (bicyclic) bond motifs is 1. The third-order valence-corrected chi connectivity index (χ3v) is 5.77. The molecule has 0 unspecified atom stereocenters. The number of amides is 2. The first-order valence-corrected chi connectivity index (χ1v) is 9.30. The summed E-state index contributed by atoms with van der Waals surface area (Å²) in [6, 6.07) is 0. The number of thiazole rings is 2.